The topological polar surface area (TPSA) is 147 Å². The Morgan fingerprint density at radius 3 is 2.41 bits per heavy atom. The third-order valence-electron chi connectivity index (χ3n) is 6.63. The van der Waals surface area contributed by atoms with Crippen molar-refractivity contribution in [3.05, 3.63) is 60.9 Å². The summed E-state index contributed by atoms with van der Waals surface area (Å²) in [6.07, 6.45) is 7.01. The Bertz CT molecular complexity index is 1420. The van der Waals surface area contributed by atoms with Gasteiger partial charge < -0.3 is 24.3 Å². The standard InChI is InChI=1S/C26H28N6O4.CH2O2/c1-25(14-34-15-25)12-31-11-18(10-28-31)23-22(29-24(33)20-7-5-9-36-20)21(19-6-3-4-8-27-19)30-32(23)13-26(2)16-35-17-26;2-1-3/h3-11H,12-17H2,1-2H3,(H,29,33);1H,(H,2,3). The molecule has 0 unspecified atom stereocenters. The second-order valence-corrected chi connectivity index (χ2v) is 10.5. The maximum Gasteiger partial charge on any atom is 0.291 e. The molecule has 6 rings (SSSR count). The van der Waals surface area contributed by atoms with Gasteiger partial charge in [0.1, 0.15) is 5.69 Å². The first kappa shape index (κ1) is 26.3. The van der Waals surface area contributed by atoms with E-state index in [9.17, 15) is 4.79 Å². The summed E-state index contributed by atoms with van der Waals surface area (Å²) in [5.41, 5.74) is 3.44. The molecule has 12 nitrogen and oxygen atoms in total. The summed E-state index contributed by atoms with van der Waals surface area (Å²) < 4.78 is 20.1. The Hall–Kier alpha value is -4.29. The van der Waals surface area contributed by atoms with Crippen LogP contribution < -0.4 is 5.32 Å². The Balaban J connectivity index is 0.000000983. The molecule has 2 aliphatic heterocycles. The van der Waals surface area contributed by atoms with Crippen molar-refractivity contribution in [1.29, 1.82) is 0 Å². The number of hydrogen-bond donors (Lipinski definition) is 2. The van der Waals surface area contributed by atoms with Crippen molar-refractivity contribution in [1.82, 2.24) is 24.5 Å². The zero-order valence-corrected chi connectivity index (χ0v) is 21.7. The van der Waals surface area contributed by atoms with Gasteiger partial charge in [0, 0.05) is 28.8 Å². The van der Waals surface area contributed by atoms with Gasteiger partial charge >= 0.3 is 0 Å². The van der Waals surface area contributed by atoms with Crippen molar-refractivity contribution in [2.75, 3.05) is 31.7 Å². The number of amides is 1. The van der Waals surface area contributed by atoms with Gasteiger partial charge in [-0.15, -0.1) is 0 Å². The van der Waals surface area contributed by atoms with Gasteiger partial charge in [-0.3, -0.25) is 23.9 Å². The van der Waals surface area contributed by atoms with E-state index in [1.807, 2.05) is 40.0 Å². The Morgan fingerprint density at radius 1 is 1.10 bits per heavy atom. The van der Waals surface area contributed by atoms with E-state index in [0.717, 1.165) is 17.8 Å². The lowest BCUT2D eigenvalue weighted by atomic mass is 9.88. The van der Waals surface area contributed by atoms with Crippen LogP contribution in [0.3, 0.4) is 0 Å². The van der Waals surface area contributed by atoms with E-state index < -0.39 is 0 Å². The van der Waals surface area contributed by atoms with Crippen molar-refractivity contribution >= 4 is 18.1 Å². The molecule has 0 aliphatic carbocycles. The highest BCUT2D eigenvalue weighted by Gasteiger charge is 2.37. The van der Waals surface area contributed by atoms with Gasteiger partial charge in [-0.25, -0.2) is 0 Å². The van der Waals surface area contributed by atoms with E-state index in [1.54, 1.807) is 18.3 Å². The lowest BCUT2D eigenvalue weighted by Crippen LogP contribution is -2.43. The third-order valence-corrected chi connectivity index (χ3v) is 6.63. The largest absolute Gasteiger partial charge is 0.483 e. The van der Waals surface area contributed by atoms with Crippen LogP contribution in [0.1, 0.15) is 24.4 Å². The van der Waals surface area contributed by atoms with Crippen LogP contribution in [0.5, 0.6) is 0 Å². The van der Waals surface area contributed by atoms with E-state index in [1.165, 1.54) is 6.26 Å². The van der Waals surface area contributed by atoms with E-state index in [-0.39, 0.29) is 29.0 Å². The van der Waals surface area contributed by atoms with E-state index in [4.69, 9.17) is 28.9 Å². The minimum absolute atomic E-state index is 0.0583. The Labute approximate surface area is 224 Å². The molecule has 2 saturated heterocycles. The molecule has 0 radical (unpaired) electrons. The second-order valence-electron chi connectivity index (χ2n) is 10.5. The zero-order chi connectivity index (χ0) is 27.5. The molecule has 204 valence electrons. The van der Waals surface area contributed by atoms with Gasteiger partial charge in [0.05, 0.1) is 69.1 Å². The van der Waals surface area contributed by atoms with Crippen LogP contribution >= 0.6 is 0 Å². The first-order valence-corrected chi connectivity index (χ1v) is 12.5. The Kier molecular flexibility index (Phi) is 7.31. The van der Waals surface area contributed by atoms with Crippen LogP contribution in [0.4, 0.5) is 5.69 Å². The summed E-state index contributed by atoms with van der Waals surface area (Å²) in [7, 11) is 0. The van der Waals surface area contributed by atoms with E-state index in [2.05, 4.69) is 29.2 Å². The van der Waals surface area contributed by atoms with Gasteiger partial charge in [0.15, 0.2) is 5.76 Å². The number of aromatic nitrogens is 5. The number of rotatable bonds is 8. The van der Waals surface area contributed by atoms with Gasteiger partial charge in [0.25, 0.3) is 12.4 Å². The zero-order valence-electron chi connectivity index (χ0n) is 21.7. The van der Waals surface area contributed by atoms with Gasteiger partial charge in [-0.05, 0) is 24.3 Å². The molecule has 2 aliphatic rings. The SMILES string of the molecule is CC1(Cn2cc(-c3c(NC(=O)c4ccco4)c(-c4ccccn4)nn3CC3(C)COC3)cn2)COC1.O=CO. The molecule has 0 bridgehead atoms. The highest BCUT2D eigenvalue weighted by Crippen LogP contribution is 2.40. The molecule has 6 heterocycles. The molecular weight excluding hydrogens is 504 g/mol. The number of carbonyl (C=O) groups is 2. The average Bonchev–Trinajstić information content (AvgIpc) is 3.64. The van der Waals surface area contributed by atoms with Crippen LogP contribution in [0.2, 0.25) is 0 Å². The predicted molar refractivity (Wildman–Crippen MR) is 140 cm³/mol. The predicted octanol–water partition coefficient (Wildman–Crippen LogP) is 3.43. The molecule has 39 heavy (non-hydrogen) atoms. The highest BCUT2D eigenvalue weighted by molar-refractivity contribution is 6.06. The van der Waals surface area contributed by atoms with Crippen LogP contribution in [0, 0.1) is 10.8 Å². The van der Waals surface area contributed by atoms with Gasteiger partial charge in [-0.1, -0.05) is 19.9 Å². The molecule has 0 atom stereocenters. The number of furan rings is 1. The monoisotopic (exact) mass is 534 g/mol. The van der Waals surface area contributed by atoms with Crippen molar-refractivity contribution in [2.45, 2.75) is 26.9 Å². The number of carboxylic acid groups (broad SMARTS) is 1. The van der Waals surface area contributed by atoms with Crippen molar-refractivity contribution in [3.63, 3.8) is 0 Å². The number of carbonyl (C=O) groups excluding carboxylic acids is 1. The summed E-state index contributed by atoms with van der Waals surface area (Å²) in [4.78, 5) is 26.0. The van der Waals surface area contributed by atoms with Crippen molar-refractivity contribution in [2.24, 2.45) is 10.8 Å². The summed E-state index contributed by atoms with van der Waals surface area (Å²) in [6, 6.07) is 8.95. The quantitative estimate of drug-likeness (QED) is 0.325. The number of nitrogens with zero attached hydrogens (tertiary/aromatic N) is 5. The van der Waals surface area contributed by atoms with E-state index in [0.29, 0.717) is 50.0 Å². The first-order valence-electron chi connectivity index (χ1n) is 12.5. The number of pyridine rings is 1. The number of nitrogens with one attached hydrogen (secondary N) is 1. The van der Waals surface area contributed by atoms with Crippen LogP contribution in [0.15, 0.2) is 59.6 Å². The molecule has 2 N–H and O–H groups in total. The minimum Gasteiger partial charge on any atom is -0.483 e. The Morgan fingerprint density at radius 2 is 1.82 bits per heavy atom. The smallest absolute Gasteiger partial charge is 0.291 e. The molecule has 0 saturated carbocycles. The average molecular weight is 535 g/mol. The summed E-state index contributed by atoms with van der Waals surface area (Å²) >= 11 is 0. The first-order chi connectivity index (χ1) is 18.8. The fraction of sp³-hybridized carbons (Fsp3) is 0.370. The van der Waals surface area contributed by atoms with Crippen LogP contribution in [-0.4, -0.2) is 68.5 Å². The van der Waals surface area contributed by atoms with Gasteiger partial charge in [0.2, 0.25) is 0 Å². The molecular formula is C27H30N6O6. The molecule has 0 aromatic carbocycles. The van der Waals surface area contributed by atoms with Crippen molar-refractivity contribution in [3.8, 4) is 22.6 Å². The van der Waals surface area contributed by atoms with Crippen molar-refractivity contribution < 1.29 is 28.6 Å². The van der Waals surface area contributed by atoms with Crippen LogP contribution in [0.25, 0.3) is 22.6 Å². The fourth-order valence-corrected chi connectivity index (χ4v) is 4.66. The van der Waals surface area contributed by atoms with Crippen LogP contribution in [-0.2, 0) is 27.4 Å². The fourth-order valence-electron chi connectivity index (χ4n) is 4.66. The molecule has 0 spiro atoms. The summed E-state index contributed by atoms with van der Waals surface area (Å²) in [6.45, 7) is 8.20. The normalized spacial score (nSPS) is 16.8. The molecule has 12 heteroatoms. The number of hydrogen-bond acceptors (Lipinski definition) is 8. The lowest BCUT2D eigenvalue weighted by molar-refractivity contribution is -0.122. The molecule has 1 amide bonds. The number of anilines is 1. The molecule has 4 aromatic heterocycles. The molecule has 4 aromatic rings. The number of ether oxygens (including phenoxy) is 2. The van der Waals surface area contributed by atoms with E-state index >= 15 is 0 Å². The second kappa shape index (κ2) is 10.8. The third kappa shape index (κ3) is 5.61. The molecule has 2 fully saturated rings. The minimum atomic E-state index is -0.359. The lowest BCUT2D eigenvalue weighted by Gasteiger charge is -2.38. The maximum atomic E-state index is 13.1. The maximum absolute atomic E-state index is 13.1. The summed E-state index contributed by atoms with van der Waals surface area (Å²) in [5, 5.41) is 19.5. The van der Waals surface area contributed by atoms with Gasteiger partial charge in [-0.2, -0.15) is 10.2 Å². The summed E-state index contributed by atoms with van der Waals surface area (Å²) in [5.74, 6) is -0.142. The highest BCUT2D eigenvalue weighted by atomic mass is 16.5.